The number of carbonyl (C=O) groups excluding carboxylic acids is 2. The van der Waals surface area contributed by atoms with Crippen molar-refractivity contribution in [3.8, 4) is 11.5 Å². The maximum absolute atomic E-state index is 12.3. The third kappa shape index (κ3) is 6.23. The van der Waals surface area contributed by atoms with Gasteiger partial charge < -0.3 is 14.8 Å². The number of carbonyl (C=O) groups is 2. The maximum Gasteiger partial charge on any atom is 0.311 e. The smallest absolute Gasteiger partial charge is 0.311 e. The summed E-state index contributed by atoms with van der Waals surface area (Å²) in [6.45, 7) is 0.480. The molecule has 9 heteroatoms. The van der Waals surface area contributed by atoms with Crippen LogP contribution in [0.4, 0.5) is 10.1 Å². The van der Waals surface area contributed by atoms with Crippen molar-refractivity contribution >= 4 is 17.6 Å². The van der Waals surface area contributed by atoms with Gasteiger partial charge in [-0.05, 0) is 24.1 Å². The number of alkyl halides is 1. The molecule has 8 nitrogen and oxygen atoms in total. The van der Waals surface area contributed by atoms with E-state index in [0.717, 1.165) is 0 Å². The number of benzene rings is 1. The second kappa shape index (κ2) is 10.0. The van der Waals surface area contributed by atoms with Crippen LogP contribution in [0.3, 0.4) is 0 Å². The zero-order chi connectivity index (χ0) is 17.1. The second-order valence-electron chi connectivity index (χ2n) is 4.33. The lowest BCUT2D eigenvalue weighted by Crippen LogP contribution is -2.17. The van der Waals surface area contributed by atoms with Crippen LogP contribution in [0.5, 0.6) is 11.5 Å². The van der Waals surface area contributed by atoms with Gasteiger partial charge in [-0.25, -0.2) is 4.39 Å². The number of anilines is 1. The van der Waals surface area contributed by atoms with E-state index in [1.165, 1.54) is 12.1 Å². The topological polar surface area (TPSA) is 113 Å². The molecule has 0 heterocycles. The Morgan fingerprint density at radius 1 is 1.43 bits per heavy atom. The summed E-state index contributed by atoms with van der Waals surface area (Å²) < 4.78 is 22.7. The van der Waals surface area contributed by atoms with Crippen LogP contribution in [-0.4, -0.2) is 31.7 Å². The Labute approximate surface area is 132 Å². The van der Waals surface area contributed by atoms with Crippen molar-refractivity contribution in [1.82, 2.24) is 0 Å². The van der Waals surface area contributed by atoms with Crippen LogP contribution in [-0.2, 0) is 9.59 Å². The van der Waals surface area contributed by atoms with Gasteiger partial charge in [-0.2, -0.15) is 0 Å². The maximum atomic E-state index is 12.3. The predicted octanol–water partition coefficient (Wildman–Crippen LogP) is 2.99. The zero-order valence-electron chi connectivity index (χ0n) is 12.6. The Morgan fingerprint density at radius 3 is 2.87 bits per heavy atom. The lowest BCUT2D eigenvalue weighted by molar-refractivity contribution is -0.134. The summed E-state index contributed by atoms with van der Waals surface area (Å²) in [4.78, 5) is 25.8. The molecule has 1 aromatic carbocycles. The molecular formula is C14H17FN4O4. The summed E-state index contributed by atoms with van der Waals surface area (Å²) in [6.07, 6.45) is 0.772. The number of ether oxygens (including phenoxy) is 2. The van der Waals surface area contributed by atoms with Gasteiger partial charge in [0, 0.05) is 11.3 Å². The van der Waals surface area contributed by atoms with E-state index in [1.807, 2.05) is 6.92 Å². The van der Waals surface area contributed by atoms with Gasteiger partial charge in [-0.3, -0.25) is 9.59 Å². The van der Waals surface area contributed by atoms with Gasteiger partial charge in [0.25, 0.3) is 0 Å². The number of nitrogens with zero attached hydrogens (tertiary/aromatic N) is 3. The van der Waals surface area contributed by atoms with Crippen molar-refractivity contribution in [2.75, 3.05) is 25.1 Å². The average Bonchev–Trinajstić information content (AvgIpc) is 2.53. The molecule has 0 unspecified atom stereocenters. The lowest BCUT2D eigenvalue weighted by Gasteiger charge is -2.15. The minimum Gasteiger partial charge on any atom is -0.487 e. The molecule has 1 N–H and O–H groups in total. The molecule has 0 atom stereocenters. The first-order valence-electron chi connectivity index (χ1n) is 6.95. The van der Waals surface area contributed by atoms with E-state index in [2.05, 4.69) is 15.3 Å². The first-order chi connectivity index (χ1) is 11.1. The number of para-hydroxylation sites is 1. The first-order valence-corrected chi connectivity index (χ1v) is 6.95. The Hall–Kier alpha value is -2.80. The number of hydrogen-bond donors (Lipinski definition) is 1. The first kappa shape index (κ1) is 18.2. The highest BCUT2D eigenvalue weighted by Gasteiger charge is 2.16. The van der Waals surface area contributed by atoms with Crippen LogP contribution in [0, 0.1) is 0 Å². The largest absolute Gasteiger partial charge is 0.487 e. The van der Waals surface area contributed by atoms with Crippen molar-refractivity contribution in [2.24, 2.45) is 5.11 Å². The molecule has 0 aliphatic carbocycles. The van der Waals surface area contributed by atoms with E-state index in [4.69, 9.17) is 15.0 Å². The normalized spacial score (nSPS) is 9.65. The van der Waals surface area contributed by atoms with E-state index < -0.39 is 25.1 Å². The summed E-state index contributed by atoms with van der Waals surface area (Å²) in [6, 6.07) is 4.53. The van der Waals surface area contributed by atoms with Crippen molar-refractivity contribution < 1.29 is 23.5 Å². The van der Waals surface area contributed by atoms with Gasteiger partial charge in [-0.15, -0.1) is 0 Å². The molecule has 0 spiro atoms. The molecule has 124 valence electrons. The quantitative estimate of drug-likeness (QED) is 0.247. The Kier molecular flexibility index (Phi) is 7.95. The third-order valence-corrected chi connectivity index (χ3v) is 2.54. The Morgan fingerprint density at radius 2 is 2.22 bits per heavy atom. The molecule has 0 bridgehead atoms. The number of hydrogen-bond acceptors (Lipinski definition) is 5. The molecule has 1 aromatic rings. The fourth-order valence-corrected chi connectivity index (χ4v) is 1.64. The predicted molar refractivity (Wildman–Crippen MR) is 81.1 cm³/mol. The van der Waals surface area contributed by atoms with E-state index >= 15 is 0 Å². The minimum absolute atomic E-state index is 0.00585. The molecule has 23 heavy (non-hydrogen) atoms. The molecule has 0 aliphatic rings. The lowest BCUT2D eigenvalue weighted by atomic mass is 10.2. The monoisotopic (exact) mass is 324 g/mol. The number of esters is 1. The molecule has 0 saturated carbocycles. The van der Waals surface area contributed by atoms with Gasteiger partial charge in [0.1, 0.15) is 19.8 Å². The van der Waals surface area contributed by atoms with E-state index in [0.29, 0.717) is 6.42 Å². The van der Waals surface area contributed by atoms with Gasteiger partial charge in [0.2, 0.25) is 5.91 Å². The average molecular weight is 324 g/mol. The number of amides is 1. The van der Waals surface area contributed by atoms with E-state index in [9.17, 15) is 14.0 Å². The van der Waals surface area contributed by atoms with Crippen LogP contribution in [0.25, 0.3) is 10.4 Å². The summed E-state index contributed by atoms with van der Waals surface area (Å²) in [5.74, 6) is -0.963. The van der Waals surface area contributed by atoms with Gasteiger partial charge in [-0.1, -0.05) is 18.1 Å². The number of azide groups is 1. The molecule has 0 fully saturated rings. The second-order valence-corrected chi connectivity index (χ2v) is 4.33. The van der Waals surface area contributed by atoms with Gasteiger partial charge >= 0.3 is 5.97 Å². The van der Waals surface area contributed by atoms with E-state index in [1.54, 1.807) is 6.07 Å². The van der Waals surface area contributed by atoms with Crippen LogP contribution < -0.4 is 14.8 Å². The summed E-state index contributed by atoms with van der Waals surface area (Å²) in [5, 5.41) is 5.59. The van der Waals surface area contributed by atoms with Crippen LogP contribution in [0.2, 0.25) is 0 Å². The minimum atomic E-state index is -0.712. The third-order valence-electron chi connectivity index (χ3n) is 2.54. The number of nitrogens with one attached hydrogen (secondary N) is 1. The van der Waals surface area contributed by atoms with E-state index in [-0.39, 0.29) is 30.2 Å². The van der Waals surface area contributed by atoms with Gasteiger partial charge in [0.15, 0.2) is 11.5 Å². The van der Waals surface area contributed by atoms with Crippen LogP contribution in [0.1, 0.15) is 19.8 Å². The highest BCUT2D eigenvalue weighted by Crippen LogP contribution is 2.35. The Balaban J connectivity index is 3.03. The van der Waals surface area contributed by atoms with Crippen molar-refractivity contribution in [1.29, 1.82) is 0 Å². The summed E-state index contributed by atoms with van der Waals surface area (Å²) in [7, 11) is 0. The van der Waals surface area contributed by atoms with Crippen LogP contribution in [0.15, 0.2) is 23.3 Å². The molecule has 0 radical (unpaired) electrons. The van der Waals surface area contributed by atoms with Crippen molar-refractivity contribution in [3.63, 3.8) is 0 Å². The molecule has 0 aromatic heterocycles. The zero-order valence-corrected chi connectivity index (χ0v) is 12.6. The fraction of sp³-hybridized carbons (Fsp3) is 0.429. The van der Waals surface area contributed by atoms with Gasteiger partial charge in [0.05, 0.1) is 5.69 Å². The Bertz CT molecular complexity index is 602. The molecular weight excluding hydrogens is 307 g/mol. The number of halogens is 1. The molecule has 0 saturated heterocycles. The van der Waals surface area contributed by atoms with Crippen LogP contribution >= 0.6 is 0 Å². The van der Waals surface area contributed by atoms with Crippen molar-refractivity contribution in [2.45, 2.75) is 19.8 Å². The standard InChI is InChI=1S/C14H17FN4O4/c1-2-4-13(21)23-14-10(18-12(20)9-17-19-16)5-3-6-11(14)22-8-7-15/h3,5-6H,2,4,7-9H2,1H3,(H,18,20). The van der Waals surface area contributed by atoms with Crippen molar-refractivity contribution in [3.05, 3.63) is 28.6 Å². The SMILES string of the molecule is CCCC(=O)Oc1c(NC(=O)CN=[N+]=[N-])cccc1OCCF. The summed E-state index contributed by atoms with van der Waals surface area (Å²) in [5.41, 5.74) is 8.38. The summed E-state index contributed by atoms with van der Waals surface area (Å²) >= 11 is 0. The highest BCUT2D eigenvalue weighted by atomic mass is 19.1. The molecule has 1 rings (SSSR count). The molecule has 0 aliphatic heterocycles. The highest BCUT2D eigenvalue weighted by molar-refractivity contribution is 5.95. The molecule has 1 amide bonds. The fourth-order valence-electron chi connectivity index (χ4n) is 1.64. The number of rotatable bonds is 9.